The minimum atomic E-state index is -0.416. The van der Waals surface area contributed by atoms with Gasteiger partial charge < -0.3 is 10.6 Å². The zero-order valence-electron chi connectivity index (χ0n) is 14.2. The van der Waals surface area contributed by atoms with E-state index in [4.69, 9.17) is 0 Å². The molecule has 0 heterocycles. The highest BCUT2D eigenvalue weighted by molar-refractivity contribution is 6.07. The molecular formula is C20H21N3O. The lowest BCUT2D eigenvalue weighted by molar-refractivity contribution is -0.112. The summed E-state index contributed by atoms with van der Waals surface area (Å²) in [6.45, 7) is 5.97. The lowest BCUT2D eigenvalue weighted by Gasteiger charge is -2.12. The van der Waals surface area contributed by atoms with Gasteiger partial charge in [0, 0.05) is 17.6 Å². The van der Waals surface area contributed by atoms with Crippen LogP contribution in [0.3, 0.4) is 0 Å². The van der Waals surface area contributed by atoms with Gasteiger partial charge in [0.25, 0.3) is 5.91 Å². The molecule has 4 heteroatoms. The number of amides is 1. The zero-order chi connectivity index (χ0) is 17.5. The number of rotatable bonds is 5. The maximum absolute atomic E-state index is 12.4. The molecule has 122 valence electrons. The van der Waals surface area contributed by atoms with Gasteiger partial charge in [0.15, 0.2) is 0 Å². The van der Waals surface area contributed by atoms with Crippen LogP contribution in [0.1, 0.15) is 23.6 Å². The lowest BCUT2D eigenvalue weighted by atomic mass is 10.1. The maximum Gasteiger partial charge on any atom is 0.267 e. The first-order chi connectivity index (χ1) is 11.5. The molecule has 0 aliphatic carbocycles. The van der Waals surface area contributed by atoms with Crippen LogP contribution in [0.4, 0.5) is 11.4 Å². The molecule has 2 aromatic rings. The van der Waals surface area contributed by atoms with E-state index in [0.717, 1.165) is 34.5 Å². The predicted octanol–water partition coefficient (Wildman–Crippen LogP) is 4.32. The van der Waals surface area contributed by atoms with Crippen LogP contribution in [-0.2, 0) is 11.2 Å². The third-order valence-electron chi connectivity index (χ3n) is 3.78. The summed E-state index contributed by atoms with van der Waals surface area (Å²) < 4.78 is 0. The molecule has 2 N–H and O–H groups in total. The second kappa shape index (κ2) is 7.98. The molecule has 0 aromatic heterocycles. The number of benzene rings is 2. The van der Waals surface area contributed by atoms with E-state index >= 15 is 0 Å². The molecule has 0 saturated heterocycles. The summed E-state index contributed by atoms with van der Waals surface area (Å²) in [4.78, 5) is 12.4. The van der Waals surface area contributed by atoms with E-state index in [1.54, 1.807) is 0 Å². The molecule has 0 aliphatic rings. The van der Waals surface area contributed by atoms with E-state index in [-0.39, 0.29) is 5.57 Å². The second-order valence-corrected chi connectivity index (χ2v) is 5.60. The Hall–Kier alpha value is -3.06. The number of carbonyl (C=O) groups is 1. The average molecular weight is 319 g/mol. The first-order valence-corrected chi connectivity index (χ1v) is 7.88. The summed E-state index contributed by atoms with van der Waals surface area (Å²) in [5, 5.41) is 15.1. The molecule has 0 fully saturated rings. The molecule has 0 atom stereocenters. The number of nitriles is 1. The summed E-state index contributed by atoms with van der Waals surface area (Å²) in [6.07, 6.45) is 2.24. The second-order valence-electron chi connectivity index (χ2n) is 5.60. The molecule has 4 nitrogen and oxygen atoms in total. The molecule has 0 unspecified atom stereocenters. The highest BCUT2D eigenvalue weighted by Gasteiger charge is 2.12. The number of nitrogens with one attached hydrogen (secondary N) is 2. The predicted molar refractivity (Wildman–Crippen MR) is 97.7 cm³/mol. The van der Waals surface area contributed by atoms with Crippen LogP contribution < -0.4 is 10.6 Å². The monoisotopic (exact) mass is 319 g/mol. The van der Waals surface area contributed by atoms with Crippen LogP contribution >= 0.6 is 0 Å². The van der Waals surface area contributed by atoms with Crippen molar-refractivity contribution in [2.75, 3.05) is 10.6 Å². The molecule has 1 amide bonds. The van der Waals surface area contributed by atoms with Crippen molar-refractivity contribution < 1.29 is 4.79 Å². The van der Waals surface area contributed by atoms with Gasteiger partial charge >= 0.3 is 0 Å². The van der Waals surface area contributed by atoms with Crippen molar-refractivity contribution >= 4 is 17.3 Å². The zero-order valence-corrected chi connectivity index (χ0v) is 14.2. The SMILES string of the molecule is CCc1cccc(C)c1NC(=O)/C(C#N)=C\Nc1ccc(C)cc1. The number of hydrogen-bond donors (Lipinski definition) is 2. The van der Waals surface area contributed by atoms with E-state index in [1.165, 1.54) is 6.20 Å². The third kappa shape index (κ3) is 4.23. The Labute approximate surface area is 142 Å². The van der Waals surface area contributed by atoms with Crippen molar-refractivity contribution in [2.24, 2.45) is 0 Å². The van der Waals surface area contributed by atoms with Crippen molar-refractivity contribution in [1.29, 1.82) is 5.26 Å². The van der Waals surface area contributed by atoms with Crippen LogP contribution in [-0.4, -0.2) is 5.91 Å². The van der Waals surface area contributed by atoms with E-state index in [9.17, 15) is 10.1 Å². The van der Waals surface area contributed by atoms with Crippen molar-refractivity contribution in [3.8, 4) is 6.07 Å². The van der Waals surface area contributed by atoms with Crippen LogP contribution in [0.5, 0.6) is 0 Å². The molecule has 2 rings (SSSR count). The van der Waals surface area contributed by atoms with Gasteiger partial charge in [-0.25, -0.2) is 0 Å². The summed E-state index contributed by atoms with van der Waals surface area (Å²) in [6, 6.07) is 15.5. The van der Waals surface area contributed by atoms with E-state index in [2.05, 4.69) is 10.6 Å². The molecule has 24 heavy (non-hydrogen) atoms. The Bertz CT molecular complexity index is 799. The minimum absolute atomic E-state index is 0.0286. The van der Waals surface area contributed by atoms with E-state index in [0.29, 0.717) is 0 Å². The number of hydrogen-bond acceptors (Lipinski definition) is 3. The quantitative estimate of drug-likeness (QED) is 0.637. The van der Waals surface area contributed by atoms with Crippen molar-refractivity contribution in [3.05, 3.63) is 70.9 Å². The van der Waals surface area contributed by atoms with Gasteiger partial charge in [0.05, 0.1) is 0 Å². The highest BCUT2D eigenvalue weighted by Crippen LogP contribution is 2.21. The Kier molecular flexibility index (Phi) is 5.75. The van der Waals surface area contributed by atoms with Crippen LogP contribution in [0.15, 0.2) is 54.2 Å². The van der Waals surface area contributed by atoms with Gasteiger partial charge in [-0.3, -0.25) is 4.79 Å². The van der Waals surface area contributed by atoms with Crippen molar-refractivity contribution in [1.82, 2.24) is 0 Å². The molecule has 0 spiro atoms. The third-order valence-corrected chi connectivity index (χ3v) is 3.78. The van der Waals surface area contributed by atoms with Gasteiger partial charge in [-0.1, -0.05) is 42.8 Å². The number of carbonyl (C=O) groups excluding carboxylic acids is 1. The highest BCUT2D eigenvalue weighted by atomic mass is 16.1. The molecule has 0 radical (unpaired) electrons. The number of anilines is 2. The van der Waals surface area contributed by atoms with Gasteiger partial charge in [0.1, 0.15) is 11.6 Å². The Morgan fingerprint density at radius 2 is 1.88 bits per heavy atom. The summed E-state index contributed by atoms with van der Waals surface area (Å²) in [5.74, 6) is -0.416. The van der Waals surface area contributed by atoms with E-state index < -0.39 is 5.91 Å². The van der Waals surface area contributed by atoms with Crippen LogP contribution in [0, 0.1) is 25.2 Å². The summed E-state index contributed by atoms with van der Waals surface area (Å²) in [5.41, 5.74) is 4.81. The standard InChI is InChI=1S/C20H21N3O/c1-4-16-7-5-6-15(3)19(16)23-20(24)17(12-21)13-22-18-10-8-14(2)9-11-18/h5-11,13,22H,4H2,1-3H3,(H,23,24)/b17-13-. The topological polar surface area (TPSA) is 64.9 Å². The Morgan fingerprint density at radius 1 is 1.17 bits per heavy atom. The molecule has 2 aromatic carbocycles. The summed E-state index contributed by atoms with van der Waals surface area (Å²) in [7, 11) is 0. The normalized spacial score (nSPS) is 10.8. The fourth-order valence-electron chi connectivity index (χ4n) is 2.34. The fourth-order valence-corrected chi connectivity index (χ4v) is 2.34. The first kappa shape index (κ1) is 17.3. The van der Waals surface area contributed by atoms with Crippen molar-refractivity contribution in [3.63, 3.8) is 0 Å². The minimum Gasteiger partial charge on any atom is -0.360 e. The number of aryl methyl sites for hydroxylation is 3. The van der Waals surface area contributed by atoms with E-state index in [1.807, 2.05) is 69.3 Å². The maximum atomic E-state index is 12.4. The van der Waals surface area contributed by atoms with Crippen LogP contribution in [0.25, 0.3) is 0 Å². The van der Waals surface area contributed by atoms with Gasteiger partial charge in [-0.2, -0.15) is 5.26 Å². The largest absolute Gasteiger partial charge is 0.360 e. The van der Waals surface area contributed by atoms with Crippen molar-refractivity contribution in [2.45, 2.75) is 27.2 Å². The fraction of sp³-hybridized carbons (Fsp3) is 0.200. The molecule has 0 bridgehead atoms. The molecular weight excluding hydrogens is 298 g/mol. The number of para-hydroxylation sites is 1. The number of nitrogens with zero attached hydrogens (tertiary/aromatic N) is 1. The lowest BCUT2D eigenvalue weighted by Crippen LogP contribution is -2.16. The van der Waals surface area contributed by atoms with Crippen LogP contribution in [0.2, 0.25) is 0 Å². The smallest absolute Gasteiger partial charge is 0.267 e. The summed E-state index contributed by atoms with van der Waals surface area (Å²) >= 11 is 0. The Balaban J connectivity index is 2.16. The van der Waals surface area contributed by atoms with Gasteiger partial charge in [-0.15, -0.1) is 0 Å². The average Bonchev–Trinajstić information content (AvgIpc) is 2.58. The Morgan fingerprint density at radius 3 is 2.50 bits per heavy atom. The molecule has 0 saturated carbocycles. The first-order valence-electron chi connectivity index (χ1n) is 7.88. The van der Waals surface area contributed by atoms with Gasteiger partial charge in [0.2, 0.25) is 0 Å². The van der Waals surface area contributed by atoms with Gasteiger partial charge in [-0.05, 0) is 43.5 Å². The molecule has 0 aliphatic heterocycles.